The lowest BCUT2D eigenvalue weighted by atomic mass is 9.86. The highest BCUT2D eigenvalue weighted by atomic mass is 16.2. The minimum absolute atomic E-state index is 0.0903. The topological polar surface area (TPSA) is 40.6 Å². The van der Waals surface area contributed by atoms with Gasteiger partial charge in [-0.25, -0.2) is 0 Å². The summed E-state index contributed by atoms with van der Waals surface area (Å²) in [5.74, 6) is 1.10. The van der Waals surface area contributed by atoms with Crippen LogP contribution >= 0.6 is 0 Å². The molecule has 112 valence electrons. The van der Waals surface area contributed by atoms with Gasteiger partial charge in [0.15, 0.2) is 0 Å². The summed E-state index contributed by atoms with van der Waals surface area (Å²) in [5.41, 5.74) is 0. The molecule has 3 aliphatic rings. The molecule has 4 heteroatoms. The van der Waals surface area contributed by atoms with Gasteiger partial charge in [-0.05, 0) is 44.4 Å². The van der Waals surface area contributed by atoms with Gasteiger partial charge in [-0.2, -0.15) is 0 Å². The molecule has 0 N–H and O–H groups in total. The molecule has 2 saturated carbocycles. The molecular formula is C16H26N2O2. The molecule has 0 aromatic heterocycles. The first-order valence-corrected chi connectivity index (χ1v) is 8.12. The summed E-state index contributed by atoms with van der Waals surface area (Å²) in [6.45, 7) is 2.96. The number of amides is 2. The lowest BCUT2D eigenvalue weighted by Gasteiger charge is -2.34. The van der Waals surface area contributed by atoms with E-state index in [9.17, 15) is 9.59 Å². The molecule has 2 amide bonds. The van der Waals surface area contributed by atoms with E-state index < -0.39 is 0 Å². The van der Waals surface area contributed by atoms with Gasteiger partial charge in [0.2, 0.25) is 11.8 Å². The van der Waals surface area contributed by atoms with Crippen molar-refractivity contribution in [3.63, 3.8) is 0 Å². The number of likely N-dealkylation sites (tertiary alicyclic amines) is 1. The quantitative estimate of drug-likeness (QED) is 0.792. The molecule has 1 aliphatic heterocycles. The third-order valence-electron chi connectivity index (χ3n) is 5.38. The summed E-state index contributed by atoms with van der Waals surface area (Å²) < 4.78 is 0. The van der Waals surface area contributed by atoms with E-state index in [1.165, 1.54) is 12.8 Å². The van der Waals surface area contributed by atoms with E-state index in [2.05, 4.69) is 6.92 Å². The van der Waals surface area contributed by atoms with Crippen molar-refractivity contribution in [2.24, 2.45) is 11.8 Å². The second-order valence-electron chi connectivity index (χ2n) is 7.04. The maximum Gasteiger partial charge on any atom is 0.227 e. The SMILES string of the molecule is CC1CCC(N(C)C(=O)C2CC(=O)N(C3CC3)C2)CC1. The van der Waals surface area contributed by atoms with Crippen LogP contribution in [0.4, 0.5) is 0 Å². The van der Waals surface area contributed by atoms with Crippen LogP contribution in [-0.4, -0.2) is 47.3 Å². The molecule has 0 bridgehead atoms. The molecule has 3 fully saturated rings. The molecule has 4 nitrogen and oxygen atoms in total. The van der Waals surface area contributed by atoms with Crippen molar-refractivity contribution in [2.75, 3.05) is 13.6 Å². The third-order valence-corrected chi connectivity index (χ3v) is 5.38. The van der Waals surface area contributed by atoms with E-state index in [0.717, 1.165) is 31.6 Å². The van der Waals surface area contributed by atoms with Crippen LogP contribution in [0.2, 0.25) is 0 Å². The van der Waals surface area contributed by atoms with Gasteiger partial charge in [-0.3, -0.25) is 9.59 Å². The Morgan fingerprint density at radius 1 is 1.15 bits per heavy atom. The van der Waals surface area contributed by atoms with Gasteiger partial charge < -0.3 is 9.80 Å². The van der Waals surface area contributed by atoms with Crippen molar-refractivity contribution in [3.05, 3.63) is 0 Å². The summed E-state index contributed by atoms with van der Waals surface area (Å²) >= 11 is 0. The number of rotatable bonds is 3. The van der Waals surface area contributed by atoms with Crippen molar-refractivity contribution in [1.29, 1.82) is 0 Å². The Morgan fingerprint density at radius 3 is 2.40 bits per heavy atom. The molecule has 1 atom stereocenters. The summed E-state index contributed by atoms with van der Waals surface area (Å²) in [5, 5.41) is 0. The Labute approximate surface area is 121 Å². The molecule has 0 aromatic rings. The number of carbonyl (C=O) groups is 2. The highest BCUT2D eigenvalue weighted by molar-refractivity contribution is 5.89. The first kappa shape index (κ1) is 13.9. The first-order valence-electron chi connectivity index (χ1n) is 8.12. The van der Waals surface area contributed by atoms with Crippen molar-refractivity contribution in [3.8, 4) is 0 Å². The fourth-order valence-electron chi connectivity index (χ4n) is 3.73. The molecular weight excluding hydrogens is 252 g/mol. The fourth-order valence-corrected chi connectivity index (χ4v) is 3.73. The zero-order valence-electron chi connectivity index (χ0n) is 12.7. The molecule has 1 saturated heterocycles. The minimum atomic E-state index is -0.0903. The van der Waals surface area contributed by atoms with Crippen LogP contribution < -0.4 is 0 Å². The number of hydrogen-bond acceptors (Lipinski definition) is 2. The van der Waals surface area contributed by atoms with Crippen LogP contribution in [0.25, 0.3) is 0 Å². The van der Waals surface area contributed by atoms with Crippen LogP contribution in [0.1, 0.15) is 51.9 Å². The minimum Gasteiger partial charge on any atom is -0.342 e. The van der Waals surface area contributed by atoms with E-state index >= 15 is 0 Å². The van der Waals surface area contributed by atoms with Gasteiger partial charge in [0.05, 0.1) is 5.92 Å². The summed E-state index contributed by atoms with van der Waals surface area (Å²) in [6, 6.07) is 0.838. The number of carbonyl (C=O) groups excluding carboxylic acids is 2. The average Bonchev–Trinajstić information content (AvgIpc) is 3.21. The lowest BCUT2D eigenvalue weighted by molar-refractivity contribution is -0.137. The predicted octanol–water partition coefficient (Wildman–Crippen LogP) is 2.03. The van der Waals surface area contributed by atoms with Gasteiger partial charge >= 0.3 is 0 Å². The van der Waals surface area contributed by atoms with E-state index in [1.807, 2.05) is 16.8 Å². The van der Waals surface area contributed by atoms with Gasteiger partial charge in [0, 0.05) is 32.1 Å². The maximum absolute atomic E-state index is 12.6. The molecule has 0 aromatic carbocycles. The van der Waals surface area contributed by atoms with Crippen LogP contribution in [0.3, 0.4) is 0 Å². The maximum atomic E-state index is 12.6. The highest BCUT2D eigenvalue weighted by Crippen LogP contribution is 2.34. The Bertz CT molecular complexity index is 397. The van der Waals surface area contributed by atoms with Crippen molar-refractivity contribution < 1.29 is 9.59 Å². The molecule has 0 spiro atoms. The average molecular weight is 278 g/mol. The van der Waals surface area contributed by atoms with Crippen LogP contribution in [-0.2, 0) is 9.59 Å². The first-order chi connectivity index (χ1) is 9.56. The van der Waals surface area contributed by atoms with E-state index in [1.54, 1.807) is 0 Å². The zero-order chi connectivity index (χ0) is 14.3. The summed E-state index contributed by atoms with van der Waals surface area (Å²) in [6.07, 6.45) is 7.38. The molecule has 1 unspecified atom stereocenters. The Hall–Kier alpha value is -1.06. The fraction of sp³-hybridized carbons (Fsp3) is 0.875. The van der Waals surface area contributed by atoms with Crippen LogP contribution in [0.15, 0.2) is 0 Å². The van der Waals surface area contributed by atoms with Gasteiger partial charge in [-0.1, -0.05) is 6.92 Å². The van der Waals surface area contributed by atoms with E-state index in [0.29, 0.717) is 25.0 Å². The van der Waals surface area contributed by atoms with Gasteiger partial charge in [0.1, 0.15) is 0 Å². The Kier molecular flexibility index (Phi) is 3.74. The van der Waals surface area contributed by atoms with Crippen molar-refractivity contribution in [2.45, 2.75) is 64.0 Å². The van der Waals surface area contributed by atoms with Gasteiger partial charge in [0.25, 0.3) is 0 Å². The highest BCUT2D eigenvalue weighted by Gasteiger charge is 2.43. The normalized spacial score (nSPS) is 34.4. The molecule has 3 rings (SSSR count). The Morgan fingerprint density at radius 2 is 1.80 bits per heavy atom. The zero-order valence-corrected chi connectivity index (χ0v) is 12.7. The predicted molar refractivity (Wildman–Crippen MR) is 77.0 cm³/mol. The summed E-state index contributed by atoms with van der Waals surface area (Å²) in [4.78, 5) is 28.5. The standard InChI is InChI=1S/C16H26N2O2/c1-11-3-5-13(6-4-11)17(2)16(20)12-9-15(19)18(10-12)14-7-8-14/h11-14H,3-10H2,1-2H3. The van der Waals surface area contributed by atoms with Crippen LogP contribution in [0, 0.1) is 11.8 Å². The number of hydrogen-bond donors (Lipinski definition) is 0. The van der Waals surface area contributed by atoms with Crippen molar-refractivity contribution >= 4 is 11.8 Å². The molecule has 20 heavy (non-hydrogen) atoms. The van der Waals surface area contributed by atoms with E-state index in [4.69, 9.17) is 0 Å². The molecule has 2 aliphatic carbocycles. The third kappa shape index (κ3) is 2.70. The van der Waals surface area contributed by atoms with Crippen molar-refractivity contribution in [1.82, 2.24) is 9.80 Å². The van der Waals surface area contributed by atoms with Gasteiger partial charge in [-0.15, -0.1) is 0 Å². The monoisotopic (exact) mass is 278 g/mol. The lowest BCUT2D eigenvalue weighted by Crippen LogP contribution is -2.43. The second-order valence-corrected chi connectivity index (χ2v) is 7.04. The number of nitrogens with zero attached hydrogens (tertiary/aromatic N) is 2. The van der Waals surface area contributed by atoms with Crippen LogP contribution in [0.5, 0.6) is 0 Å². The smallest absolute Gasteiger partial charge is 0.227 e. The van der Waals surface area contributed by atoms with E-state index in [-0.39, 0.29) is 17.7 Å². The molecule has 1 heterocycles. The summed E-state index contributed by atoms with van der Waals surface area (Å²) in [7, 11) is 1.94. The second kappa shape index (κ2) is 5.38. The molecule has 0 radical (unpaired) electrons. The Balaban J connectivity index is 1.57. The largest absolute Gasteiger partial charge is 0.342 e.